The maximum atomic E-state index is 10.9. The van der Waals surface area contributed by atoms with Gasteiger partial charge in [0.1, 0.15) is 0 Å². The molecule has 1 rings (SSSR count). The van der Waals surface area contributed by atoms with Crippen molar-refractivity contribution in [2.24, 2.45) is 0 Å². The summed E-state index contributed by atoms with van der Waals surface area (Å²) in [5.41, 5.74) is 3.38. The minimum Gasteiger partial charge on any atom is -0.479 e. The molecule has 17 heavy (non-hydrogen) atoms. The molecule has 94 valence electrons. The highest BCUT2D eigenvalue weighted by molar-refractivity contribution is 5.74. The van der Waals surface area contributed by atoms with Crippen LogP contribution in [0.25, 0.3) is 0 Å². The number of benzene rings is 1. The van der Waals surface area contributed by atoms with Crippen molar-refractivity contribution in [1.29, 1.82) is 0 Å². The molecule has 0 aliphatic carbocycles. The first kappa shape index (κ1) is 13.7. The van der Waals surface area contributed by atoms with Gasteiger partial charge in [0.2, 0.25) is 0 Å². The predicted molar refractivity (Wildman–Crippen MR) is 67.3 cm³/mol. The molecule has 0 radical (unpaired) electrons. The lowest BCUT2D eigenvalue weighted by molar-refractivity contribution is -0.150. The maximum Gasteiger partial charge on any atom is 0.333 e. The van der Waals surface area contributed by atoms with E-state index >= 15 is 0 Å². The highest BCUT2D eigenvalue weighted by Gasteiger charge is 2.36. The van der Waals surface area contributed by atoms with Crippen LogP contribution in [0.3, 0.4) is 0 Å². The first-order valence-electron chi connectivity index (χ1n) is 5.67. The summed E-state index contributed by atoms with van der Waals surface area (Å²) < 4.78 is 0. The number of carboxylic acids is 1. The SMILES string of the molecule is Cc1cc(C)c(C(C)(C)C(O)C(=O)O)cc1C. The molecule has 0 heterocycles. The van der Waals surface area contributed by atoms with E-state index in [1.54, 1.807) is 13.8 Å². The van der Waals surface area contributed by atoms with E-state index in [9.17, 15) is 9.90 Å². The zero-order valence-corrected chi connectivity index (χ0v) is 11.0. The average molecular weight is 236 g/mol. The monoisotopic (exact) mass is 236 g/mol. The Kier molecular flexibility index (Phi) is 3.62. The van der Waals surface area contributed by atoms with Gasteiger partial charge in [0, 0.05) is 5.41 Å². The van der Waals surface area contributed by atoms with Crippen LogP contribution in [-0.4, -0.2) is 22.3 Å². The van der Waals surface area contributed by atoms with Gasteiger partial charge in [0.05, 0.1) is 0 Å². The van der Waals surface area contributed by atoms with Gasteiger partial charge >= 0.3 is 5.97 Å². The third kappa shape index (κ3) is 2.50. The summed E-state index contributed by atoms with van der Waals surface area (Å²) in [4.78, 5) is 10.9. The molecule has 0 saturated heterocycles. The number of aryl methyl sites for hydroxylation is 3. The van der Waals surface area contributed by atoms with Crippen molar-refractivity contribution in [1.82, 2.24) is 0 Å². The molecule has 1 unspecified atom stereocenters. The molecular formula is C14H20O3. The highest BCUT2D eigenvalue weighted by Crippen LogP contribution is 2.31. The number of carbonyl (C=O) groups is 1. The van der Waals surface area contributed by atoms with Crippen LogP contribution in [0.5, 0.6) is 0 Å². The first-order valence-corrected chi connectivity index (χ1v) is 5.67. The number of hydrogen-bond donors (Lipinski definition) is 2. The fraction of sp³-hybridized carbons (Fsp3) is 0.500. The molecule has 2 N–H and O–H groups in total. The first-order chi connectivity index (χ1) is 7.67. The Morgan fingerprint density at radius 3 is 2.06 bits per heavy atom. The van der Waals surface area contributed by atoms with Gasteiger partial charge in [-0.25, -0.2) is 4.79 Å². The normalized spacial score (nSPS) is 13.5. The average Bonchev–Trinajstić information content (AvgIpc) is 2.21. The summed E-state index contributed by atoms with van der Waals surface area (Å²) in [5.74, 6) is -1.19. The van der Waals surface area contributed by atoms with Crippen molar-refractivity contribution >= 4 is 5.97 Å². The van der Waals surface area contributed by atoms with Crippen molar-refractivity contribution in [2.45, 2.75) is 46.1 Å². The van der Waals surface area contributed by atoms with Crippen LogP contribution >= 0.6 is 0 Å². The zero-order valence-electron chi connectivity index (χ0n) is 11.0. The lowest BCUT2D eigenvalue weighted by atomic mass is 9.76. The van der Waals surface area contributed by atoms with E-state index in [0.717, 1.165) is 16.7 Å². The van der Waals surface area contributed by atoms with Crippen LogP contribution in [0.4, 0.5) is 0 Å². The fourth-order valence-electron chi connectivity index (χ4n) is 2.11. The summed E-state index contributed by atoms with van der Waals surface area (Å²) in [5, 5.41) is 18.7. The number of rotatable bonds is 3. The molecule has 3 nitrogen and oxygen atoms in total. The molecule has 0 aliphatic heterocycles. The second-order valence-electron chi connectivity index (χ2n) is 5.21. The van der Waals surface area contributed by atoms with Gasteiger partial charge in [-0.05, 0) is 43.0 Å². The molecule has 1 aromatic carbocycles. The van der Waals surface area contributed by atoms with Crippen molar-refractivity contribution in [3.05, 3.63) is 34.4 Å². The van der Waals surface area contributed by atoms with Gasteiger partial charge in [0.25, 0.3) is 0 Å². The van der Waals surface area contributed by atoms with Crippen LogP contribution in [0.2, 0.25) is 0 Å². The van der Waals surface area contributed by atoms with Crippen LogP contribution < -0.4 is 0 Å². The van der Waals surface area contributed by atoms with Crippen molar-refractivity contribution < 1.29 is 15.0 Å². The van der Waals surface area contributed by atoms with Crippen LogP contribution in [0.15, 0.2) is 12.1 Å². The number of aliphatic hydroxyl groups is 1. The van der Waals surface area contributed by atoms with Crippen molar-refractivity contribution in [3.8, 4) is 0 Å². The van der Waals surface area contributed by atoms with Gasteiger partial charge in [-0.1, -0.05) is 26.0 Å². The Labute approximate surface area is 102 Å². The second kappa shape index (κ2) is 4.49. The number of carboxylic acid groups (broad SMARTS) is 1. The number of aliphatic hydroxyl groups excluding tert-OH is 1. The fourth-order valence-corrected chi connectivity index (χ4v) is 2.11. The largest absolute Gasteiger partial charge is 0.479 e. The molecule has 0 fully saturated rings. The van der Waals surface area contributed by atoms with E-state index in [1.807, 2.05) is 32.9 Å². The molecule has 1 aromatic rings. The Morgan fingerprint density at radius 2 is 1.59 bits per heavy atom. The third-order valence-electron chi connectivity index (χ3n) is 3.45. The molecule has 0 spiro atoms. The minimum atomic E-state index is -1.40. The van der Waals surface area contributed by atoms with Crippen molar-refractivity contribution in [3.63, 3.8) is 0 Å². The molecule has 0 aromatic heterocycles. The van der Waals surface area contributed by atoms with Crippen LogP contribution in [0.1, 0.15) is 36.1 Å². The third-order valence-corrected chi connectivity index (χ3v) is 3.45. The molecule has 3 heteroatoms. The highest BCUT2D eigenvalue weighted by atomic mass is 16.4. The van der Waals surface area contributed by atoms with Gasteiger partial charge in [-0.15, -0.1) is 0 Å². The minimum absolute atomic E-state index is 0.797. The van der Waals surface area contributed by atoms with E-state index < -0.39 is 17.5 Å². The lowest BCUT2D eigenvalue weighted by Crippen LogP contribution is -2.40. The van der Waals surface area contributed by atoms with Crippen LogP contribution in [0, 0.1) is 20.8 Å². The van der Waals surface area contributed by atoms with E-state index in [0.29, 0.717) is 0 Å². The van der Waals surface area contributed by atoms with E-state index in [4.69, 9.17) is 5.11 Å². The van der Waals surface area contributed by atoms with E-state index in [1.165, 1.54) is 5.56 Å². The second-order valence-corrected chi connectivity index (χ2v) is 5.21. The molecule has 1 atom stereocenters. The van der Waals surface area contributed by atoms with E-state index in [2.05, 4.69) is 0 Å². The van der Waals surface area contributed by atoms with Gasteiger partial charge in [0.15, 0.2) is 6.10 Å². The standard InChI is InChI=1S/C14H20O3/c1-8-6-10(3)11(7-9(8)2)14(4,5)12(15)13(16)17/h6-7,12,15H,1-5H3,(H,16,17). The topological polar surface area (TPSA) is 57.5 Å². The van der Waals surface area contributed by atoms with Gasteiger partial charge in [-0.2, -0.15) is 0 Å². The summed E-state index contributed by atoms with van der Waals surface area (Å²) >= 11 is 0. The maximum absolute atomic E-state index is 10.9. The van der Waals surface area contributed by atoms with E-state index in [-0.39, 0.29) is 0 Å². The number of hydrogen-bond acceptors (Lipinski definition) is 2. The predicted octanol–water partition coefficient (Wildman–Crippen LogP) is 2.33. The summed E-state index contributed by atoms with van der Waals surface area (Å²) in [7, 11) is 0. The summed E-state index contributed by atoms with van der Waals surface area (Å²) in [6.07, 6.45) is -1.40. The zero-order chi connectivity index (χ0) is 13.4. The quantitative estimate of drug-likeness (QED) is 0.847. The van der Waals surface area contributed by atoms with Gasteiger partial charge < -0.3 is 10.2 Å². The van der Waals surface area contributed by atoms with Crippen LogP contribution in [-0.2, 0) is 10.2 Å². The smallest absolute Gasteiger partial charge is 0.333 e. The van der Waals surface area contributed by atoms with Crippen molar-refractivity contribution in [2.75, 3.05) is 0 Å². The molecule has 0 bridgehead atoms. The molecular weight excluding hydrogens is 216 g/mol. The molecule has 0 aliphatic rings. The Hall–Kier alpha value is -1.35. The summed E-state index contributed by atoms with van der Waals surface area (Å²) in [6.45, 7) is 9.46. The summed E-state index contributed by atoms with van der Waals surface area (Å²) in [6, 6.07) is 4.00. The lowest BCUT2D eigenvalue weighted by Gasteiger charge is -2.30. The van der Waals surface area contributed by atoms with Gasteiger partial charge in [-0.3, -0.25) is 0 Å². The molecule has 0 saturated carbocycles. The Balaban J connectivity index is 3.33. The molecule has 0 amide bonds. The number of aliphatic carboxylic acids is 1. The Morgan fingerprint density at radius 1 is 1.12 bits per heavy atom. The Bertz CT molecular complexity index is 447.